The lowest BCUT2D eigenvalue weighted by Gasteiger charge is -2.34. The van der Waals surface area contributed by atoms with E-state index in [1.54, 1.807) is 7.11 Å². The maximum atomic E-state index is 12.2. The van der Waals surface area contributed by atoms with Crippen molar-refractivity contribution in [1.82, 2.24) is 5.32 Å². The zero-order valence-corrected chi connectivity index (χ0v) is 11.7. The lowest BCUT2D eigenvalue weighted by Crippen LogP contribution is -2.46. The lowest BCUT2D eigenvalue weighted by molar-refractivity contribution is -0.118. The van der Waals surface area contributed by atoms with Crippen LogP contribution in [0.1, 0.15) is 26.2 Å². The normalized spacial score (nSPS) is 16.1. The first kappa shape index (κ1) is 13.9. The van der Waals surface area contributed by atoms with Gasteiger partial charge >= 0.3 is 0 Å². The highest BCUT2D eigenvalue weighted by Gasteiger charge is 2.25. The highest BCUT2D eigenvalue weighted by Crippen LogP contribution is 2.25. The zero-order valence-electron chi connectivity index (χ0n) is 11.7. The summed E-state index contributed by atoms with van der Waals surface area (Å²) in [4.78, 5) is 14.2. The second-order valence-electron chi connectivity index (χ2n) is 4.80. The van der Waals surface area contributed by atoms with Crippen LogP contribution in [0, 0.1) is 0 Å². The molecule has 0 aromatic heterocycles. The van der Waals surface area contributed by atoms with E-state index in [0.717, 1.165) is 37.4 Å². The number of rotatable bonds is 4. The number of methoxy groups -OCH3 is 1. The van der Waals surface area contributed by atoms with E-state index in [4.69, 9.17) is 4.74 Å². The van der Waals surface area contributed by atoms with E-state index in [9.17, 15) is 4.79 Å². The van der Waals surface area contributed by atoms with Gasteiger partial charge in [-0.2, -0.15) is 0 Å². The van der Waals surface area contributed by atoms with Gasteiger partial charge in [0.2, 0.25) is 5.91 Å². The van der Waals surface area contributed by atoms with Gasteiger partial charge in [0.25, 0.3) is 0 Å². The van der Waals surface area contributed by atoms with E-state index in [2.05, 4.69) is 5.32 Å². The average Bonchev–Trinajstić information content (AvgIpc) is 2.49. The van der Waals surface area contributed by atoms with Crippen molar-refractivity contribution >= 4 is 11.6 Å². The summed E-state index contributed by atoms with van der Waals surface area (Å²) in [5.41, 5.74) is 0.972. The number of ether oxygens (including phenoxy) is 1. The molecule has 1 aliphatic rings. The van der Waals surface area contributed by atoms with E-state index in [1.165, 1.54) is 0 Å². The summed E-state index contributed by atoms with van der Waals surface area (Å²) in [7, 11) is 1.65. The molecule has 1 amide bonds. The van der Waals surface area contributed by atoms with Crippen LogP contribution in [0.25, 0.3) is 0 Å². The number of carbonyl (C=O) groups excluding carboxylic acids is 1. The number of hydrogen-bond acceptors (Lipinski definition) is 3. The van der Waals surface area contributed by atoms with E-state index >= 15 is 0 Å². The third-order valence-corrected chi connectivity index (χ3v) is 3.60. The Morgan fingerprint density at radius 1 is 1.32 bits per heavy atom. The molecule has 0 unspecified atom stereocenters. The van der Waals surface area contributed by atoms with Gasteiger partial charge in [0.1, 0.15) is 5.75 Å². The van der Waals surface area contributed by atoms with Gasteiger partial charge in [0, 0.05) is 18.2 Å². The Morgan fingerprint density at radius 2 is 1.95 bits per heavy atom. The third-order valence-electron chi connectivity index (χ3n) is 3.60. The number of carbonyl (C=O) groups is 1. The monoisotopic (exact) mass is 262 g/mol. The molecule has 1 N–H and O–H groups in total. The predicted octanol–water partition coefficient (Wildman–Crippen LogP) is 2.19. The predicted molar refractivity (Wildman–Crippen MR) is 76.7 cm³/mol. The van der Waals surface area contributed by atoms with Crippen LogP contribution in [0.2, 0.25) is 0 Å². The fraction of sp³-hybridized carbons (Fsp3) is 0.533. The Hall–Kier alpha value is -1.55. The van der Waals surface area contributed by atoms with Crippen molar-refractivity contribution in [3.8, 4) is 5.75 Å². The van der Waals surface area contributed by atoms with Gasteiger partial charge in [-0.1, -0.05) is 6.92 Å². The molecule has 19 heavy (non-hydrogen) atoms. The van der Waals surface area contributed by atoms with Crippen molar-refractivity contribution in [2.45, 2.75) is 32.2 Å². The molecule has 1 aromatic rings. The second kappa shape index (κ2) is 6.57. The molecule has 0 saturated carbocycles. The van der Waals surface area contributed by atoms with Gasteiger partial charge in [-0.25, -0.2) is 0 Å². The molecule has 2 rings (SSSR count). The first-order valence-electron chi connectivity index (χ1n) is 6.93. The standard InChI is InChI=1S/C15H22N2O2/c1-3-15(18)17(13-8-10-16-11-9-13)12-4-6-14(19-2)7-5-12/h4-7,13,16H,3,8-11H2,1-2H3. The molecular weight excluding hydrogens is 240 g/mol. The summed E-state index contributed by atoms with van der Waals surface area (Å²) in [5, 5.41) is 3.34. The summed E-state index contributed by atoms with van der Waals surface area (Å²) in [6.07, 6.45) is 2.56. The maximum Gasteiger partial charge on any atom is 0.226 e. The molecule has 4 nitrogen and oxygen atoms in total. The Kier molecular flexibility index (Phi) is 4.80. The van der Waals surface area contributed by atoms with Crippen molar-refractivity contribution in [2.75, 3.05) is 25.1 Å². The molecule has 1 fully saturated rings. The average molecular weight is 262 g/mol. The van der Waals surface area contributed by atoms with E-state index in [0.29, 0.717) is 12.5 Å². The fourth-order valence-corrected chi connectivity index (χ4v) is 2.54. The van der Waals surface area contributed by atoms with Crippen LogP contribution in [-0.2, 0) is 4.79 Å². The van der Waals surface area contributed by atoms with Crippen LogP contribution in [0.5, 0.6) is 5.75 Å². The van der Waals surface area contributed by atoms with Gasteiger partial charge in [0.05, 0.1) is 7.11 Å². The Bertz CT molecular complexity index is 411. The first-order valence-corrected chi connectivity index (χ1v) is 6.93. The zero-order chi connectivity index (χ0) is 13.7. The van der Waals surface area contributed by atoms with Crippen LogP contribution in [0.4, 0.5) is 5.69 Å². The number of nitrogens with one attached hydrogen (secondary N) is 1. The van der Waals surface area contributed by atoms with Crippen molar-refractivity contribution in [2.24, 2.45) is 0 Å². The minimum atomic E-state index is 0.192. The molecule has 1 aliphatic heterocycles. The van der Waals surface area contributed by atoms with Crippen LogP contribution >= 0.6 is 0 Å². The van der Waals surface area contributed by atoms with Crippen molar-refractivity contribution in [3.05, 3.63) is 24.3 Å². The first-order chi connectivity index (χ1) is 9.26. The van der Waals surface area contributed by atoms with E-state index in [1.807, 2.05) is 36.1 Å². The fourth-order valence-electron chi connectivity index (χ4n) is 2.54. The van der Waals surface area contributed by atoms with Crippen LogP contribution in [-0.4, -0.2) is 32.1 Å². The number of piperidine rings is 1. The molecule has 1 saturated heterocycles. The van der Waals surface area contributed by atoms with Gasteiger partial charge in [0.15, 0.2) is 0 Å². The van der Waals surface area contributed by atoms with E-state index in [-0.39, 0.29) is 5.91 Å². The number of benzene rings is 1. The molecule has 4 heteroatoms. The molecule has 104 valence electrons. The van der Waals surface area contributed by atoms with Crippen LogP contribution in [0.3, 0.4) is 0 Å². The Labute approximate surface area is 114 Å². The molecule has 1 aromatic carbocycles. The summed E-state index contributed by atoms with van der Waals surface area (Å²) in [6, 6.07) is 8.06. The molecule has 1 heterocycles. The largest absolute Gasteiger partial charge is 0.497 e. The quantitative estimate of drug-likeness (QED) is 0.904. The maximum absolute atomic E-state index is 12.2. The summed E-state index contributed by atoms with van der Waals surface area (Å²) >= 11 is 0. The number of amides is 1. The molecular formula is C15H22N2O2. The Balaban J connectivity index is 2.22. The summed E-state index contributed by atoms with van der Waals surface area (Å²) < 4.78 is 5.17. The van der Waals surface area contributed by atoms with Crippen molar-refractivity contribution in [3.63, 3.8) is 0 Å². The van der Waals surface area contributed by atoms with Gasteiger partial charge in [-0.05, 0) is 50.2 Å². The Morgan fingerprint density at radius 3 is 2.47 bits per heavy atom. The lowest BCUT2D eigenvalue weighted by atomic mass is 10.0. The number of nitrogens with zero attached hydrogens (tertiary/aromatic N) is 1. The SMILES string of the molecule is CCC(=O)N(c1ccc(OC)cc1)C1CCNCC1. The smallest absolute Gasteiger partial charge is 0.226 e. The van der Waals surface area contributed by atoms with Crippen molar-refractivity contribution < 1.29 is 9.53 Å². The van der Waals surface area contributed by atoms with Crippen LogP contribution in [0.15, 0.2) is 24.3 Å². The molecule has 0 spiro atoms. The second-order valence-corrected chi connectivity index (χ2v) is 4.80. The van der Waals surface area contributed by atoms with E-state index < -0.39 is 0 Å². The topological polar surface area (TPSA) is 41.6 Å². The number of hydrogen-bond donors (Lipinski definition) is 1. The van der Waals surface area contributed by atoms with Crippen LogP contribution < -0.4 is 15.0 Å². The van der Waals surface area contributed by atoms with Crippen molar-refractivity contribution in [1.29, 1.82) is 0 Å². The molecule has 0 atom stereocenters. The van der Waals surface area contributed by atoms with Gasteiger partial charge in [-0.15, -0.1) is 0 Å². The third kappa shape index (κ3) is 3.26. The number of anilines is 1. The molecule has 0 bridgehead atoms. The summed E-state index contributed by atoms with van der Waals surface area (Å²) in [6.45, 7) is 3.88. The minimum absolute atomic E-state index is 0.192. The molecule has 0 aliphatic carbocycles. The molecule has 0 radical (unpaired) electrons. The highest BCUT2D eigenvalue weighted by molar-refractivity contribution is 5.93. The summed E-state index contributed by atoms with van der Waals surface area (Å²) in [5.74, 6) is 1.01. The van der Waals surface area contributed by atoms with Gasteiger partial charge < -0.3 is 15.0 Å². The van der Waals surface area contributed by atoms with Gasteiger partial charge in [-0.3, -0.25) is 4.79 Å². The minimum Gasteiger partial charge on any atom is -0.497 e. The highest BCUT2D eigenvalue weighted by atomic mass is 16.5.